The molecule has 0 aliphatic heterocycles. The quantitative estimate of drug-likeness (QED) is 0.645. The molecule has 5 nitrogen and oxygen atoms in total. The summed E-state index contributed by atoms with van der Waals surface area (Å²) in [5.74, 6) is 0.687. The second kappa shape index (κ2) is 4.39. The number of rotatable bonds is 4. The van der Waals surface area contributed by atoms with Gasteiger partial charge in [-0.25, -0.2) is 0 Å². The lowest BCUT2D eigenvalue weighted by atomic mass is 10.4. The molecule has 1 aromatic heterocycles. The van der Waals surface area contributed by atoms with Crippen molar-refractivity contribution in [2.24, 2.45) is 7.05 Å². The third kappa shape index (κ3) is 2.70. The van der Waals surface area contributed by atoms with E-state index in [0.29, 0.717) is 13.0 Å². The van der Waals surface area contributed by atoms with Crippen LogP contribution in [-0.2, 0) is 18.3 Å². The summed E-state index contributed by atoms with van der Waals surface area (Å²) in [5, 5.41) is 10.3. The molecule has 0 aromatic carbocycles. The number of aromatic nitrogens is 3. The minimum absolute atomic E-state index is 0.165. The number of nitrogens with one attached hydrogen (secondary N) is 1. The van der Waals surface area contributed by atoms with Gasteiger partial charge in [0.15, 0.2) is 0 Å². The summed E-state index contributed by atoms with van der Waals surface area (Å²) in [6, 6.07) is 0. The lowest BCUT2D eigenvalue weighted by Gasteiger charge is -2.00. The largest absolute Gasteiger partial charge is 0.352 e. The molecule has 5 heteroatoms. The van der Waals surface area contributed by atoms with Crippen LogP contribution in [0.2, 0.25) is 0 Å². The molecule has 1 N–H and O–H groups in total. The highest BCUT2D eigenvalue weighted by atomic mass is 16.1. The van der Waals surface area contributed by atoms with E-state index in [1.54, 1.807) is 6.33 Å². The lowest BCUT2D eigenvalue weighted by molar-refractivity contribution is -0.116. The van der Waals surface area contributed by atoms with Crippen molar-refractivity contribution >= 4 is 5.91 Å². The molecule has 0 unspecified atom stereocenters. The Morgan fingerprint density at radius 2 is 2.62 bits per heavy atom. The van der Waals surface area contributed by atoms with Gasteiger partial charge >= 0.3 is 0 Å². The summed E-state index contributed by atoms with van der Waals surface area (Å²) >= 11 is 0. The maximum atomic E-state index is 10.8. The van der Waals surface area contributed by atoms with Crippen molar-refractivity contribution in [2.75, 3.05) is 6.54 Å². The standard InChI is InChI=1S/C8H12N4O/c1-3-8(13)9-5-4-7-11-10-6-12(7)2/h3,6H,1,4-5H2,2H3,(H,9,13). The van der Waals surface area contributed by atoms with Gasteiger partial charge < -0.3 is 9.88 Å². The van der Waals surface area contributed by atoms with Crippen molar-refractivity contribution in [3.63, 3.8) is 0 Å². The van der Waals surface area contributed by atoms with Crippen LogP contribution in [-0.4, -0.2) is 27.2 Å². The Balaban J connectivity index is 2.32. The van der Waals surface area contributed by atoms with Crippen LogP contribution in [0.15, 0.2) is 19.0 Å². The molecule has 70 valence electrons. The van der Waals surface area contributed by atoms with Gasteiger partial charge in [-0.05, 0) is 6.08 Å². The molecule has 0 aliphatic carbocycles. The highest BCUT2D eigenvalue weighted by Gasteiger charge is 2.00. The number of nitrogens with zero attached hydrogens (tertiary/aromatic N) is 3. The molecule has 0 aliphatic rings. The molecule has 1 amide bonds. The maximum Gasteiger partial charge on any atom is 0.243 e. The number of carbonyl (C=O) groups is 1. The van der Waals surface area contributed by atoms with Crippen molar-refractivity contribution in [1.82, 2.24) is 20.1 Å². The van der Waals surface area contributed by atoms with Gasteiger partial charge in [-0.1, -0.05) is 6.58 Å². The van der Waals surface area contributed by atoms with E-state index < -0.39 is 0 Å². The van der Waals surface area contributed by atoms with E-state index in [0.717, 1.165) is 5.82 Å². The van der Waals surface area contributed by atoms with Crippen LogP contribution in [0.3, 0.4) is 0 Å². The SMILES string of the molecule is C=CC(=O)NCCc1nncn1C. The van der Waals surface area contributed by atoms with Crippen molar-refractivity contribution in [3.05, 3.63) is 24.8 Å². The topological polar surface area (TPSA) is 59.8 Å². The summed E-state index contributed by atoms with van der Waals surface area (Å²) in [6.07, 6.45) is 3.55. The number of hydrogen-bond acceptors (Lipinski definition) is 3. The van der Waals surface area contributed by atoms with Crippen molar-refractivity contribution < 1.29 is 4.79 Å². The van der Waals surface area contributed by atoms with Crippen LogP contribution in [0.25, 0.3) is 0 Å². The Morgan fingerprint density at radius 3 is 3.15 bits per heavy atom. The molecule has 13 heavy (non-hydrogen) atoms. The zero-order chi connectivity index (χ0) is 9.68. The summed E-state index contributed by atoms with van der Waals surface area (Å²) in [6.45, 7) is 3.90. The minimum Gasteiger partial charge on any atom is -0.352 e. The monoisotopic (exact) mass is 180 g/mol. The van der Waals surface area contributed by atoms with E-state index in [9.17, 15) is 4.79 Å². The Bertz CT molecular complexity index is 305. The molecule has 0 fully saturated rings. The second-order valence-electron chi connectivity index (χ2n) is 2.60. The first kappa shape index (κ1) is 9.44. The minimum atomic E-state index is -0.165. The summed E-state index contributed by atoms with van der Waals surface area (Å²) in [5.41, 5.74) is 0. The molecule has 0 bridgehead atoms. The summed E-state index contributed by atoms with van der Waals surface area (Å²) in [4.78, 5) is 10.8. The van der Waals surface area contributed by atoms with Crippen molar-refractivity contribution in [1.29, 1.82) is 0 Å². The maximum absolute atomic E-state index is 10.8. The van der Waals surface area contributed by atoms with Crippen molar-refractivity contribution in [3.8, 4) is 0 Å². The van der Waals surface area contributed by atoms with Crippen LogP contribution < -0.4 is 5.32 Å². The fraction of sp³-hybridized carbons (Fsp3) is 0.375. The third-order valence-electron chi connectivity index (χ3n) is 1.64. The molecule has 0 spiro atoms. The smallest absolute Gasteiger partial charge is 0.243 e. The van der Waals surface area contributed by atoms with Gasteiger partial charge in [-0.3, -0.25) is 4.79 Å². The van der Waals surface area contributed by atoms with Gasteiger partial charge in [0, 0.05) is 20.0 Å². The molecule has 1 heterocycles. The van der Waals surface area contributed by atoms with Gasteiger partial charge in [0.2, 0.25) is 5.91 Å². The Labute approximate surface area is 76.5 Å². The first-order valence-corrected chi connectivity index (χ1v) is 3.97. The number of aryl methyl sites for hydroxylation is 1. The highest BCUT2D eigenvalue weighted by molar-refractivity contribution is 5.86. The van der Waals surface area contributed by atoms with E-state index in [-0.39, 0.29) is 5.91 Å². The Kier molecular flexibility index (Phi) is 3.19. The molecular formula is C8H12N4O. The average Bonchev–Trinajstić information content (AvgIpc) is 2.52. The normalized spacial score (nSPS) is 9.62. The predicted molar refractivity (Wildman–Crippen MR) is 47.9 cm³/mol. The average molecular weight is 180 g/mol. The summed E-state index contributed by atoms with van der Waals surface area (Å²) < 4.78 is 1.82. The van der Waals surface area contributed by atoms with E-state index in [2.05, 4.69) is 22.1 Å². The van der Waals surface area contributed by atoms with Crippen LogP contribution >= 0.6 is 0 Å². The van der Waals surface area contributed by atoms with Crippen LogP contribution in [0.1, 0.15) is 5.82 Å². The lowest BCUT2D eigenvalue weighted by Crippen LogP contribution is -2.24. The van der Waals surface area contributed by atoms with Gasteiger partial charge in [-0.15, -0.1) is 10.2 Å². The fourth-order valence-corrected chi connectivity index (χ4v) is 0.903. The zero-order valence-electron chi connectivity index (χ0n) is 7.53. The summed E-state index contributed by atoms with van der Waals surface area (Å²) in [7, 11) is 1.87. The van der Waals surface area contributed by atoms with Gasteiger partial charge in [0.1, 0.15) is 12.2 Å². The van der Waals surface area contributed by atoms with Crippen LogP contribution in [0.5, 0.6) is 0 Å². The van der Waals surface area contributed by atoms with Gasteiger partial charge in [0.25, 0.3) is 0 Å². The van der Waals surface area contributed by atoms with Gasteiger partial charge in [-0.2, -0.15) is 0 Å². The molecular weight excluding hydrogens is 168 g/mol. The first-order chi connectivity index (χ1) is 6.24. The molecule has 1 rings (SSSR count). The molecule has 1 aromatic rings. The number of carbonyl (C=O) groups excluding carboxylic acids is 1. The Hall–Kier alpha value is -1.65. The van der Waals surface area contributed by atoms with E-state index >= 15 is 0 Å². The third-order valence-corrected chi connectivity index (χ3v) is 1.64. The number of amides is 1. The number of hydrogen-bond donors (Lipinski definition) is 1. The van der Waals surface area contributed by atoms with Crippen molar-refractivity contribution in [2.45, 2.75) is 6.42 Å². The molecule has 0 radical (unpaired) electrons. The second-order valence-corrected chi connectivity index (χ2v) is 2.60. The molecule has 0 atom stereocenters. The predicted octanol–water partition coefficient (Wildman–Crippen LogP) is -0.340. The fourth-order valence-electron chi connectivity index (χ4n) is 0.903. The van der Waals surface area contributed by atoms with E-state index in [4.69, 9.17) is 0 Å². The Morgan fingerprint density at radius 1 is 1.85 bits per heavy atom. The van der Waals surface area contributed by atoms with Gasteiger partial charge in [0.05, 0.1) is 0 Å². The highest BCUT2D eigenvalue weighted by Crippen LogP contribution is 1.90. The molecule has 0 saturated carbocycles. The van der Waals surface area contributed by atoms with E-state index in [1.807, 2.05) is 11.6 Å². The first-order valence-electron chi connectivity index (χ1n) is 3.97. The zero-order valence-corrected chi connectivity index (χ0v) is 7.53. The van der Waals surface area contributed by atoms with Crippen LogP contribution in [0.4, 0.5) is 0 Å². The van der Waals surface area contributed by atoms with E-state index in [1.165, 1.54) is 6.08 Å². The molecule has 0 saturated heterocycles. The van der Waals surface area contributed by atoms with Crippen LogP contribution in [0, 0.1) is 0 Å².